The molecule has 3 N–H and O–H groups in total. The number of halogens is 1. The quantitative estimate of drug-likeness (QED) is 0.549. The molecule has 1 aliphatic rings. The summed E-state index contributed by atoms with van der Waals surface area (Å²) in [6.45, 7) is 3.87. The van der Waals surface area contributed by atoms with Crippen LogP contribution in [0.25, 0.3) is 0 Å². The first-order valence-electron chi connectivity index (χ1n) is 7.78. The van der Waals surface area contributed by atoms with Crippen molar-refractivity contribution in [2.75, 3.05) is 21.2 Å². The van der Waals surface area contributed by atoms with Crippen LogP contribution in [-0.4, -0.2) is 53.4 Å². The van der Waals surface area contributed by atoms with E-state index in [9.17, 15) is 19.1 Å². The molecule has 1 atom stereocenters. The summed E-state index contributed by atoms with van der Waals surface area (Å²) >= 11 is 0. The van der Waals surface area contributed by atoms with Gasteiger partial charge in [0.15, 0.2) is 5.72 Å². The van der Waals surface area contributed by atoms with E-state index in [0.29, 0.717) is 35.4 Å². The lowest BCUT2D eigenvalue weighted by Crippen LogP contribution is -2.50. The molecule has 8 heteroatoms. The molecule has 26 heavy (non-hydrogen) atoms. The Balaban J connectivity index is 0.000000359. The molecule has 0 bridgehead atoms. The van der Waals surface area contributed by atoms with Crippen molar-refractivity contribution in [3.8, 4) is 5.75 Å². The first-order chi connectivity index (χ1) is 11.9. The second-order valence-corrected chi connectivity index (χ2v) is 6.74. The molecule has 7 nitrogen and oxygen atoms in total. The number of aliphatic carboxylic acids is 2. The Kier molecular flexibility index (Phi) is 6.51. The van der Waals surface area contributed by atoms with Crippen LogP contribution < -0.4 is 4.74 Å². The van der Waals surface area contributed by atoms with E-state index in [2.05, 4.69) is 0 Å². The van der Waals surface area contributed by atoms with Gasteiger partial charge in [-0.1, -0.05) is 13.8 Å². The van der Waals surface area contributed by atoms with E-state index in [0.717, 1.165) is 0 Å². The molecule has 1 unspecified atom stereocenters. The topological polar surface area (TPSA) is 107 Å². The third-order valence-corrected chi connectivity index (χ3v) is 4.36. The number of carbonyl (C=O) groups is 2. The molecule has 0 fully saturated rings. The van der Waals surface area contributed by atoms with E-state index in [1.807, 2.05) is 13.8 Å². The van der Waals surface area contributed by atoms with Gasteiger partial charge in [-0.05, 0) is 38.2 Å². The third-order valence-electron chi connectivity index (χ3n) is 4.36. The van der Waals surface area contributed by atoms with Gasteiger partial charge in [0.1, 0.15) is 11.6 Å². The molecule has 0 saturated carbocycles. The maximum absolute atomic E-state index is 14.0. The molecule has 0 aliphatic heterocycles. The van der Waals surface area contributed by atoms with Crippen LogP contribution in [-0.2, 0) is 21.7 Å². The average Bonchev–Trinajstić information content (AvgIpc) is 2.76. The minimum Gasteiger partial charge on any atom is -0.496 e. The normalized spacial score (nSPS) is 20.5. The zero-order valence-corrected chi connectivity index (χ0v) is 15.4. The standard InChI is InChI=1S/C14H20FNO2.C4H4O4/c1-13(2)8-9-10(15)6-7-11(18-5)12(9)14(13,17)16(3)4;5-3(6)1-2-4(7)8/h6-7,17H,8H2,1-5H3;1-2H,(H,5,6)(H,7,8)/b;2-1+. The molecule has 0 aromatic heterocycles. The number of nitrogens with zero attached hydrogens (tertiary/aromatic N) is 1. The Morgan fingerprint density at radius 1 is 1.19 bits per heavy atom. The highest BCUT2D eigenvalue weighted by Gasteiger charge is 2.55. The minimum absolute atomic E-state index is 0.281. The summed E-state index contributed by atoms with van der Waals surface area (Å²) in [6.07, 6.45) is 1.60. The van der Waals surface area contributed by atoms with E-state index in [4.69, 9.17) is 14.9 Å². The summed E-state index contributed by atoms with van der Waals surface area (Å²) in [5.41, 5.74) is -0.597. The van der Waals surface area contributed by atoms with Crippen LogP contribution >= 0.6 is 0 Å². The number of hydrogen-bond acceptors (Lipinski definition) is 5. The zero-order valence-electron chi connectivity index (χ0n) is 15.4. The molecule has 0 saturated heterocycles. The highest BCUT2D eigenvalue weighted by atomic mass is 19.1. The van der Waals surface area contributed by atoms with Crippen LogP contribution in [0.2, 0.25) is 0 Å². The monoisotopic (exact) mass is 369 g/mol. The SMILES string of the molecule is COc1ccc(F)c2c1C(O)(N(C)C)C(C)(C)C2.O=C(O)/C=C/C(=O)O. The summed E-state index contributed by atoms with van der Waals surface area (Å²) < 4.78 is 19.3. The number of carboxylic acid groups (broad SMARTS) is 2. The van der Waals surface area contributed by atoms with Gasteiger partial charge in [-0.15, -0.1) is 0 Å². The van der Waals surface area contributed by atoms with Crippen LogP contribution in [0.1, 0.15) is 25.0 Å². The minimum atomic E-state index is -1.26. The lowest BCUT2D eigenvalue weighted by Gasteiger charge is -2.42. The highest BCUT2D eigenvalue weighted by Crippen LogP contribution is 2.54. The van der Waals surface area contributed by atoms with Crippen LogP contribution in [0.4, 0.5) is 4.39 Å². The highest BCUT2D eigenvalue weighted by molar-refractivity contribution is 5.89. The Morgan fingerprint density at radius 2 is 1.69 bits per heavy atom. The van der Waals surface area contributed by atoms with Gasteiger partial charge in [0.05, 0.1) is 7.11 Å². The average molecular weight is 369 g/mol. The van der Waals surface area contributed by atoms with Gasteiger partial charge in [-0.3, -0.25) is 4.90 Å². The van der Waals surface area contributed by atoms with E-state index >= 15 is 0 Å². The maximum Gasteiger partial charge on any atom is 0.328 e. The van der Waals surface area contributed by atoms with Crippen molar-refractivity contribution in [2.24, 2.45) is 5.41 Å². The molecular formula is C18H24FNO6. The van der Waals surface area contributed by atoms with Gasteiger partial charge in [0.25, 0.3) is 0 Å². The van der Waals surface area contributed by atoms with Crippen molar-refractivity contribution in [3.05, 3.63) is 41.2 Å². The van der Waals surface area contributed by atoms with Crippen molar-refractivity contribution in [3.63, 3.8) is 0 Å². The van der Waals surface area contributed by atoms with Gasteiger partial charge in [0, 0.05) is 23.1 Å². The molecule has 2 rings (SSSR count). The Labute approximate surface area is 151 Å². The number of carboxylic acids is 2. The summed E-state index contributed by atoms with van der Waals surface area (Å²) in [7, 11) is 5.12. The van der Waals surface area contributed by atoms with Gasteiger partial charge in [0.2, 0.25) is 0 Å². The van der Waals surface area contributed by atoms with Gasteiger partial charge in [-0.25, -0.2) is 14.0 Å². The van der Waals surface area contributed by atoms with Gasteiger partial charge < -0.3 is 20.1 Å². The van der Waals surface area contributed by atoms with Crippen LogP contribution in [0.5, 0.6) is 5.75 Å². The van der Waals surface area contributed by atoms with Gasteiger partial charge in [-0.2, -0.15) is 0 Å². The fourth-order valence-corrected chi connectivity index (χ4v) is 3.20. The summed E-state index contributed by atoms with van der Waals surface area (Å²) in [5.74, 6) is -2.26. The van der Waals surface area contributed by atoms with E-state index < -0.39 is 23.1 Å². The maximum atomic E-state index is 14.0. The van der Waals surface area contributed by atoms with Crippen LogP contribution in [0.3, 0.4) is 0 Å². The fourth-order valence-electron chi connectivity index (χ4n) is 3.20. The largest absolute Gasteiger partial charge is 0.496 e. The predicted molar refractivity (Wildman–Crippen MR) is 92.4 cm³/mol. The number of benzene rings is 1. The van der Waals surface area contributed by atoms with Crippen molar-refractivity contribution in [1.82, 2.24) is 4.90 Å². The summed E-state index contributed by atoms with van der Waals surface area (Å²) in [6, 6.07) is 2.97. The Bertz CT molecular complexity index is 713. The third kappa shape index (κ3) is 4.03. The molecule has 1 aromatic carbocycles. The number of ether oxygens (including phenoxy) is 1. The zero-order chi connectivity index (χ0) is 20.3. The number of hydrogen-bond donors (Lipinski definition) is 3. The fraction of sp³-hybridized carbons (Fsp3) is 0.444. The Hall–Kier alpha value is -2.45. The van der Waals surface area contributed by atoms with Crippen molar-refractivity contribution < 1.29 is 34.0 Å². The smallest absolute Gasteiger partial charge is 0.328 e. The lowest BCUT2D eigenvalue weighted by molar-refractivity contribution is -0.164. The number of methoxy groups -OCH3 is 1. The molecule has 1 aliphatic carbocycles. The van der Waals surface area contributed by atoms with E-state index in [1.54, 1.807) is 25.1 Å². The Morgan fingerprint density at radius 3 is 2.08 bits per heavy atom. The molecule has 0 radical (unpaired) electrons. The molecule has 0 amide bonds. The molecule has 0 heterocycles. The molecular weight excluding hydrogens is 345 g/mol. The van der Waals surface area contributed by atoms with Crippen molar-refractivity contribution >= 4 is 11.9 Å². The number of rotatable bonds is 4. The van der Waals surface area contributed by atoms with E-state index in [-0.39, 0.29) is 5.82 Å². The van der Waals surface area contributed by atoms with Crippen molar-refractivity contribution in [1.29, 1.82) is 0 Å². The van der Waals surface area contributed by atoms with Crippen molar-refractivity contribution in [2.45, 2.75) is 26.0 Å². The molecule has 1 aromatic rings. The second-order valence-electron chi connectivity index (χ2n) is 6.74. The molecule has 144 valence electrons. The van der Waals surface area contributed by atoms with E-state index in [1.165, 1.54) is 13.2 Å². The molecule has 0 spiro atoms. The number of aliphatic hydroxyl groups is 1. The lowest BCUT2D eigenvalue weighted by atomic mass is 9.81. The predicted octanol–water partition coefficient (Wildman–Crippen LogP) is 1.84. The van der Waals surface area contributed by atoms with Crippen LogP contribution in [0, 0.1) is 11.2 Å². The van der Waals surface area contributed by atoms with Crippen LogP contribution in [0.15, 0.2) is 24.3 Å². The summed E-state index contributed by atoms with van der Waals surface area (Å²) in [5, 5.41) is 26.7. The first kappa shape index (κ1) is 21.6. The second kappa shape index (κ2) is 7.84. The summed E-state index contributed by atoms with van der Waals surface area (Å²) in [4.78, 5) is 20.8. The number of fused-ring (bicyclic) bond motifs is 1. The first-order valence-corrected chi connectivity index (χ1v) is 7.78. The van der Waals surface area contributed by atoms with Gasteiger partial charge >= 0.3 is 11.9 Å².